The van der Waals surface area contributed by atoms with Gasteiger partial charge in [-0.15, -0.1) is 0 Å². The summed E-state index contributed by atoms with van der Waals surface area (Å²) in [5.74, 6) is 0.367. The molecule has 7 nitrogen and oxygen atoms in total. The molecule has 0 radical (unpaired) electrons. The van der Waals surface area contributed by atoms with Crippen LogP contribution in [0.25, 0.3) is 0 Å². The number of hydrogen-bond donors (Lipinski definition) is 1. The smallest absolute Gasteiger partial charge is 0.209 e. The van der Waals surface area contributed by atoms with Gasteiger partial charge in [-0.05, 0) is 86.7 Å². The summed E-state index contributed by atoms with van der Waals surface area (Å²) in [5, 5.41) is 0. The number of rotatable bonds is 12. The molecule has 0 aromatic heterocycles. The Hall–Kier alpha value is -2.72. The van der Waals surface area contributed by atoms with Crippen molar-refractivity contribution in [2.45, 2.75) is 94.8 Å². The molecule has 0 aliphatic carbocycles. The summed E-state index contributed by atoms with van der Waals surface area (Å²) < 4.78 is 47.4. The van der Waals surface area contributed by atoms with Crippen LogP contribution >= 0.6 is 0 Å². The molecule has 43 heavy (non-hydrogen) atoms. The lowest BCUT2D eigenvalue weighted by molar-refractivity contribution is -0.438. The molecular weight excluding hydrogens is 581 g/mol. The van der Waals surface area contributed by atoms with Crippen LogP contribution in [0.5, 0.6) is 0 Å². The first-order chi connectivity index (χ1) is 20.2. The predicted octanol–water partition coefficient (Wildman–Crippen LogP) is 6.92. The topological polar surface area (TPSA) is 101 Å². The fraction of sp³-hybridized carbons (Fsp3) is 0.471. The van der Waals surface area contributed by atoms with E-state index in [0.29, 0.717) is 17.1 Å². The van der Waals surface area contributed by atoms with E-state index in [-0.39, 0.29) is 10.8 Å². The molecule has 0 amide bonds. The van der Waals surface area contributed by atoms with Crippen molar-refractivity contribution in [3.63, 3.8) is 0 Å². The standard InChI is InChI=1S/C34H44N2O5S2/c1-8-35-28-18-16-24(42(38)39)21-26(28)33(4,5)31(35)14-12-15-32-34(6,7)27-22-25(43(40)41)17-19-29(27)36(32)20-11-9-10-13-30(37)23(2)3/h12,14-19,21-23H,8-11,13,20H2,1-7H3,(H-,38,39,40,41). The van der Waals surface area contributed by atoms with E-state index in [2.05, 4.69) is 62.3 Å². The number of anilines is 1. The summed E-state index contributed by atoms with van der Waals surface area (Å²) in [4.78, 5) is 15.0. The van der Waals surface area contributed by atoms with Crippen molar-refractivity contribution in [1.82, 2.24) is 0 Å². The number of ketones is 1. The van der Waals surface area contributed by atoms with E-state index < -0.39 is 33.0 Å². The van der Waals surface area contributed by atoms with Crippen LogP contribution in [0.15, 0.2) is 70.1 Å². The lowest BCUT2D eigenvalue weighted by Crippen LogP contribution is -2.28. The molecule has 4 rings (SSSR count). The molecule has 2 aliphatic rings. The highest BCUT2D eigenvalue weighted by Crippen LogP contribution is 2.48. The van der Waals surface area contributed by atoms with Crippen molar-refractivity contribution in [3.05, 3.63) is 71.5 Å². The molecule has 0 spiro atoms. The van der Waals surface area contributed by atoms with Gasteiger partial charge in [0.15, 0.2) is 16.8 Å². The number of carbonyl (C=O) groups is 1. The summed E-state index contributed by atoms with van der Waals surface area (Å²) >= 11 is -4.36. The Morgan fingerprint density at radius 2 is 1.67 bits per heavy atom. The zero-order valence-electron chi connectivity index (χ0n) is 26.3. The van der Waals surface area contributed by atoms with Crippen molar-refractivity contribution in [1.29, 1.82) is 0 Å². The van der Waals surface area contributed by atoms with Crippen molar-refractivity contribution < 1.29 is 26.9 Å². The first-order valence-electron chi connectivity index (χ1n) is 15.0. The molecule has 0 saturated heterocycles. The Morgan fingerprint density at radius 1 is 1.00 bits per heavy atom. The molecule has 1 N–H and O–H groups in total. The zero-order valence-corrected chi connectivity index (χ0v) is 27.9. The molecule has 2 aliphatic heterocycles. The van der Waals surface area contributed by atoms with Crippen LogP contribution in [0.1, 0.15) is 85.3 Å². The van der Waals surface area contributed by atoms with Gasteiger partial charge in [-0.2, -0.15) is 4.58 Å². The van der Waals surface area contributed by atoms with Gasteiger partial charge in [-0.3, -0.25) is 9.00 Å². The monoisotopic (exact) mass is 624 g/mol. The van der Waals surface area contributed by atoms with Crippen LogP contribution in [-0.4, -0.2) is 46.7 Å². The largest absolute Gasteiger partial charge is 0.768 e. The van der Waals surface area contributed by atoms with E-state index in [4.69, 9.17) is 0 Å². The highest BCUT2D eigenvalue weighted by molar-refractivity contribution is 7.79. The third-order valence-electron chi connectivity index (χ3n) is 8.89. The molecule has 2 aromatic carbocycles. The number of nitrogens with zero attached hydrogens (tertiary/aromatic N) is 2. The molecule has 232 valence electrons. The normalized spacial score (nSPS) is 19.4. The Morgan fingerprint density at radius 3 is 2.30 bits per heavy atom. The quantitative estimate of drug-likeness (QED) is 0.156. The fourth-order valence-corrected chi connectivity index (χ4v) is 7.16. The Balaban J connectivity index is 1.68. The molecule has 2 aromatic rings. The van der Waals surface area contributed by atoms with Gasteiger partial charge < -0.3 is 14.0 Å². The summed E-state index contributed by atoms with van der Waals surface area (Å²) in [7, 11) is 0. The Kier molecular flexibility index (Phi) is 10.1. The maximum absolute atomic E-state index is 12.1. The number of hydrogen-bond acceptors (Lipinski definition) is 5. The van der Waals surface area contributed by atoms with Crippen LogP contribution in [0.3, 0.4) is 0 Å². The summed E-state index contributed by atoms with van der Waals surface area (Å²) in [6, 6.07) is 10.8. The first kappa shape index (κ1) is 33.2. The highest BCUT2D eigenvalue weighted by atomic mass is 32.2. The van der Waals surface area contributed by atoms with E-state index in [1.165, 1.54) is 0 Å². The highest BCUT2D eigenvalue weighted by Gasteiger charge is 2.45. The van der Waals surface area contributed by atoms with E-state index in [9.17, 15) is 22.3 Å². The van der Waals surface area contributed by atoms with E-state index >= 15 is 0 Å². The second kappa shape index (κ2) is 13.1. The minimum atomic E-state index is -2.29. The third kappa shape index (κ3) is 6.55. The zero-order chi connectivity index (χ0) is 31.7. The van der Waals surface area contributed by atoms with Gasteiger partial charge in [-0.25, -0.2) is 4.21 Å². The predicted molar refractivity (Wildman–Crippen MR) is 174 cm³/mol. The number of carbonyl (C=O) groups excluding carboxylic acids is 1. The summed E-state index contributed by atoms with van der Waals surface area (Å²) in [6.07, 6.45) is 9.66. The van der Waals surface area contributed by atoms with Gasteiger partial charge in [0.25, 0.3) is 0 Å². The Bertz CT molecular complexity index is 1550. The van der Waals surface area contributed by atoms with Gasteiger partial charge in [0.2, 0.25) is 5.69 Å². The summed E-state index contributed by atoms with van der Waals surface area (Å²) in [5.41, 5.74) is 5.44. The van der Waals surface area contributed by atoms with Crippen LogP contribution in [0.2, 0.25) is 0 Å². The number of allylic oxidation sites excluding steroid dienone is 4. The lowest BCUT2D eigenvalue weighted by atomic mass is 9.81. The van der Waals surface area contributed by atoms with Crippen molar-refractivity contribution in [2.75, 3.05) is 18.0 Å². The SMILES string of the molecule is CCN1/C(=C/C=C/C2=[N+](CCCCCC(=O)C(C)C)c3ccc(S(=O)O)cc3C2(C)C)C(C)(C)c2cc(S(=O)[O-])ccc21. The van der Waals surface area contributed by atoms with Gasteiger partial charge in [0.05, 0.1) is 10.3 Å². The average molecular weight is 625 g/mol. The third-order valence-corrected chi connectivity index (χ3v) is 10.2. The van der Waals surface area contributed by atoms with Crippen LogP contribution < -0.4 is 4.90 Å². The molecule has 0 bridgehead atoms. The van der Waals surface area contributed by atoms with Gasteiger partial charge in [0.1, 0.15) is 12.3 Å². The number of fused-ring (bicyclic) bond motifs is 2. The molecule has 0 saturated carbocycles. The molecular formula is C34H44N2O5S2. The van der Waals surface area contributed by atoms with Crippen LogP contribution in [-0.2, 0) is 37.8 Å². The second-order valence-electron chi connectivity index (χ2n) is 12.7. The van der Waals surface area contributed by atoms with Gasteiger partial charge in [0, 0.05) is 64.7 Å². The average Bonchev–Trinajstić information content (AvgIpc) is 3.30. The number of likely N-dealkylation sites (N-methyl/N-ethyl adjacent to an activating group) is 1. The number of unbranched alkanes of at least 4 members (excludes halogenated alkanes) is 2. The number of Topliss-reactive ketones (excluding diaryl/α,β-unsaturated/α-hetero) is 1. The van der Waals surface area contributed by atoms with Gasteiger partial charge in [-0.1, -0.05) is 33.8 Å². The van der Waals surface area contributed by atoms with E-state index in [1.54, 1.807) is 18.2 Å². The van der Waals surface area contributed by atoms with Gasteiger partial charge >= 0.3 is 0 Å². The van der Waals surface area contributed by atoms with Crippen molar-refractivity contribution >= 4 is 45.0 Å². The van der Waals surface area contributed by atoms with Crippen molar-refractivity contribution in [3.8, 4) is 0 Å². The molecule has 2 atom stereocenters. The van der Waals surface area contributed by atoms with Crippen molar-refractivity contribution in [2.24, 2.45) is 5.92 Å². The lowest BCUT2D eigenvalue weighted by Gasteiger charge is -2.25. The fourth-order valence-electron chi connectivity index (χ4n) is 6.37. The van der Waals surface area contributed by atoms with Crippen LogP contribution in [0, 0.1) is 5.92 Å². The van der Waals surface area contributed by atoms with Crippen LogP contribution in [0.4, 0.5) is 11.4 Å². The van der Waals surface area contributed by atoms with E-state index in [1.807, 2.05) is 32.0 Å². The molecule has 0 fully saturated rings. The first-order valence-corrected chi connectivity index (χ1v) is 17.2. The maximum atomic E-state index is 12.1. The minimum absolute atomic E-state index is 0.0655. The minimum Gasteiger partial charge on any atom is -0.768 e. The molecule has 9 heteroatoms. The molecule has 2 unspecified atom stereocenters. The number of benzene rings is 2. The molecule has 2 heterocycles. The second-order valence-corrected chi connectivity index (χ2v) is 14.6. The summed E-state index contributed by atoms with van der Waals surface area (Å²) in [6.45, 7) is 16.0. The van der Waals surface area contributed by atoms with E-state index in [0.717, 1.165) is 66.3 Å². The maximum Gasteiger partial charge on any atom is 0.209 e. The Labute approximate surface area is 261 Å².